The molecule has 5 heteroatoms. The van der Waals surface area contributed by atoms with E-state index in [1.165, 1.54) is 19.3 Å². The van der Waals surface area contributed by atoms with Crippen molar-refractivity contribution in [2.45, 2.75) is 25.7 Å². The van der Waals surface area contributed by atoms with Crippen LogP contribution in [0, 0.1) is 5.41 Å². The molecule has 1 aliphatic heterocycles. The lowest BCUT2D eigenvalue weighted by atomic mass is 10.1. The van der Waals surface area contributed by atoms with Crippen LogP contribution in [0.5, 0.6) is 0 Å². The van der Waals surface area contributed by atoms with Crippen molar-refractivity contribution in [1.29, 1.82) is 5.41 Å². The van der Waals surface area contributed by atoms with E-state index in [1.807, 2.05) is 0 Å². The van der Waals surface area contributed by atoms with Crippen LogP contribution in [-0.4, -0.2) is 23.9 Å². The summed E-state index contributed by atoms with van der Waals surface area (Å²) in [5.41, 5.74) is 5.29. The molecule has 3 N–H and O–H groups in total. The summed E-state index contributed by atoms with van der Waals surface area (Å²) in [7, 11) is 0. The monoisotopic (exact) mass is 208 g/mol. The molecule has 0 spiro atoms. The summed E-state index contributed by atoms with van der Waals surface area (Å²) in [6.45, 7) is 2.03. The van der Waals surface area contributed by atoms with Crippen molar-refractivity contribution < 1.29 is 4.42 Å². The van der Waals surface area contributed by atoms with Crippen LogP contribution in [0.25, 0.3) is 0 Å². The average molecular weight is 208 g/mol. The van der Waals surface area contributed by atoms with Crippen molar-refractivity contribution in [3.63, 3.8) is 0 Å². The number of anilines is 1. The molecular formula is C10H16N4O. The standard InChI is InChI=1S/C10H16N4O/c11-9(12)6-8-7-13-10(15-8)14-4-2-1-3-5-14/h7H,1-6H2,(H3,11,12). The fourth-order valence-electron chi connectivity index (χ4n) is 1.80. The molecule has 1 aromatic rings. The number of nitrogens with one attached hydrogen (secondary N) is 1. The highest BCUT2D eigenvalue weighted by molar-refractivity contribution is 5.78. The molecule has 1 saturated heterocycles. The summed E-state index contributed by atoms with van der Waals surface area (Å²) in [5.74, 6) is 0.777. The zero-order chi connectivity index (χ0) is 10.7. The molecule has 82 valence electrons. The molecule has 0 radical (unpaired) electrons. The predicted molar refractivity (Wildman–Crippen MR) is 58.2 cm³/mol. The Hall–Kier alpha value is -1.52. The number of amidine groups is 1. The third-order valence-electron chi connectivity index (χ3n) is 2.53. The minimum atomic E-state index is 0.108. The lowest BCUT2D eigenvalue weighted by molar-refractivity contribution is 0.473. The van der Waals surface area contributed by atoms with Crippen LogP contribution in [0.15, 0.2) is 10.6 Å². The van der Waals surface area contributed by atoms with Gasteiger partial charge in [0.05, 0.1) is 18.5 Å². The van der Waals surface area contributed by atoms with Gasteiger partial charge in [-0.1, -0.05) is 0 Å². The fourth-order valence-corrected chi connectivity index (χ4v) is 1.80. The molecule has 0 unspecified atom stereocenters. The molecule has 1 aliphatic rings. The zero-order valence-electron chi connectivity index (χ0n) is 8.70. The Balaban J connectivity index is 2.02. The number of nitrogens with zero attached hydrogens (tertiary/aromatic N) is 2. The van der Waals surface area contributed by atoms with E-state index < -0.39 is 0 Å². The summed E-state index contributed by atoms with van der Waals surface area (Å²) >= 11 is 0. The van der Waals surface area contributed by atoms with Gasteiger partial charge >= 0.3 is 0 Å². The SMILES string of the molecule is N=C(N)Cc1cnc(N2CCCCC2)o1. The molecular weight excluding hydrogens is 192 g/mol. The van der Waals surface area contributed by atoms with Crippen molar-refractivity contribution in [2.75, 3.05) is 18.0 Å². The number of nitrogens with two attached hydrogens (primary N) is 1. The highest BCUT2D eigenvalue weighted by Crippen LogP contribution is 2.19. The van der Waals surface area contributed by atoms with Crippen LogP contribution in [0.3, 0.4) is 0 Å². The van der Waals surface area contributed by atoms with Crippen LogP contribution in [-0.2, 0) is 6.42 Å². The van der Waals surface area contributed by atoms with E-state index in [1.54, 1.807) is 6.20 Å². The lowest BCUT2D eigenvalue weighted by Gasteiger charge is -2.24. The van der Waals surface area contributed by atoms with E-state index >= 15 is 0 Å². The summed E-state index contributed by atoms with van der Waals surface area (Å²) in [5, 5.41) is 7.16. The van der Waals surface area contributed by atoms with E-state index in [9.17, 15) is 0 Å². The van der Waals surface area contributed by atoms with Gasteiger partial charge in [-0.3, -0.25) is 5.41 Å². The summed E-state index contributed by atoms with van der Waals surface area (Å²) in [6, 6.07) is 0.672. The smallest absolute Gasteiger partial charge is 0.297 e. The van der Waals surface area contributed by atoms with Crippen molar-refractivity contribution >= 4 is 11.9 Å². The lowest BCUT2D eigenvalue weighted by Crippen LogP contribution is -2.29. The molecule has 15 heavy (non-hydrogen) atoms. The van der Waals surface area contributed by atoms with Crippen LogP contribution >= 0.6 is 0 Å². The van der Waals surface area contributed by atoms with Gasteiger partial charge in [0.1, 0.15) is 5.76 Å². The van der Waals surface area contributed by atoms with E-state index in [2.05, 4.69) is 9.88 Å². The summed E-state index contributed by atoms with van der Waals surface area (Å²) < 4.78 is 5.53. The molecule has 1 fully saturated rings. The van der Waals surface area contributed by atoms with Crippen LogP contribution < -0.4 is 10.6 Å². The molecule has 2 rings (SSSR count). The Kier molecular flexibility index (Phi) is 2.89. The summed E-state index contributed by atoms with van der Waals surface area (Å²) in [4.78, 5) is 6.35. The minimum Gasteiger partial charge on any atom is -0.428 e. The highest BCUT2D eigenvalue weighted by atomic mass is 16.4. The Bertz CT molecular complexity index is 341. The molecule has 0 aliphatic carbocycles. The van der Waals surface area contributed by atoms with Gasteiger partial charge in [-0.15, -0.1) is 0 Å². The normalized spacial score (nSPS) is 16.7. The predicted octanol–water partition coefficient (Wildman–Crippen LogP) is 1.14. The first kappa shape index (κ1) is 10.0. The highest BCUT2D eigenvalue weighted by Gasteiger charge is 2.15. The number of rotatable bonds is 3. The molecule has 2 heterocycles. The van der Waals surface area contributed by atoms with E-state index in [4.69, 9.17) is 15.6 Å². The molecule has 5 nitrogen and oxygen atoms in total. The Labute approximate surface area is 88.8 Å². The average Bonchev–Trinajstić information content (AvgIpc) is 2.67. The second-order valence-electron chi connectivity index (χ2n) is 3.86. The van der Waals surface area contributed by atoms with Gasteiger partial charge in [0.15, 0.2) is 0 Å². The van der Waals surface area contributed by atoms with E-state index in [0.717, 1.165) is 13.1 Å². The Morgan fingerprint density at radius 2 is 2.20 bits per heavy atom. The number of piperidine rings is 1. The van der Waals surface area contributed by atoms with Gasteiger partial charge in [-0.05, 0) is 19.3 Å². The maximum Gasteiger partial charge on any atom is 0.297 e. The molecule has 0 aromatic carbocycles. The van der Waals surface area contributed by atoms with Gasteiger partial charge in [0.25, 0.3) is 6.01 Å². The maximum absolute atomic E-state index is 7.16. The summed E-state index contributed by atoms with van der Waals surface area (Å²) in [6.07, 6.45) is 5.69. The molecule has 0 bridgehead atoms. The third kappa shape index (κ3) is 2.49. The van der Waals surface area contributed by atoms with Crippen LogP contribution in [0.1, 0.15) is 25.0 Å². The van der Waals surface area contributed by atoms with Crippen LogP contribution in [0.2, 0.25) is 0 Å². The second-order valence-corrected chi connectivity index (χ2v) is 3.86. The first-order valence-corrected chi connectivity index (χ1v) is 5.28. The maximum atomic E-state index is 7.16. The number of aromatic nitrogens is 1. The minimum absolute atomic E-state index is 0.108. The largest absolute Gasteiger partial charge is 0.428 e. The Morgan fingerprint density at radius 3 is 2.87 bits per heavy atom. The second kappa shape index (κ2) is 4.33. The first-order valence-electron chi connectivity index (χ1n) is 5.28. The van der Waals surface area contributed by atoms with Gasteiger partial charge < -0.3 is 15.1 Å². The van der Waals surface area contributed by atoms with Crippen molar-refractivity contribution in [3.8, 4) is 0 Å². The topological polar surface area (TPSA) is 79.1 Å². The van der Waals surface area contributed by atoms with E-state index in [-0.39, 0.29) is 5.84 Å². The van der Waals surface area contributed by atoms with Gasteiger partial charge in [0, 0.05) is 13.1 Å². The number of hydrogen-bond donors (Lipinski definition) is 2. The number of hydrogen-bond acceptors (Lipinski definition) is 4. The molecule has 0 atom stereocenters. The van der Waals surface area contributed by atoms with Crippen LogP contribution in [0.4, 0.5) is 6.01 Å². The van der Waals surface area contributed by atoms with Crippen molar-refractivity contribution in [2.24, 2.45) is 5.73 Å². The zero-order valence-corrected chi connectivity index (χ0v) is 8.70. The molecule has 0 saturated carbocycles. The van der Waals surface area contributed by atoms with Gasteiger partial charge in [-0.2, -0.15) is 0 Å². The van der Waals surface area contributed by atoms with E-state index in [0.29, 0.717) is 18.2 Å². The number of oxazole rings is 1. The van der Waals surface area contributed by atoms with Gasteiger partial charge in [-0.25, -0.2) is 4.98 Å². The molecule has 1 aromatic heterocycles. The Morgan fingerprint density at radius 1 is 1.47 bits per heavy atom. The quantitative estimate of drug-likeness (QED) is 0.576. The van der Waals surface area contributed by atoms with Crippen molar-refractivity contribution in [1.82, 2.24) is 4.98 Å². The van der Waals surface area contributed by atoms with Crippen molar-refractivity contribution in [3.05, 3.63) is 12.0 Å². The van der Waals surface area contributed by atoms with Gasteiger partial charge in [0.2, 0.25) is 0 Å². The first-order chi connectivity index (χ1) is 7.25. The molecule has 0 amide bonds. The fraction of sp³-hybridized carbons (Fsp3) is 0.600. The third-order valence-corrected chi connectivity index (χ3v) is 2.53.